The van der Waals surface area contributed by atoms with Crippen LogP contribution in [0.1, 0.15) is 30.2 Å². The number of nitro groups is 1. The van der Waals surface area contributed by atoms with E-state index in [0.29, 0.717) is 18.2 Å². The van der Waals surface area contributed by atoms with Crippen molar-refractivity contribution in [1.82, 2.24) is 9.97 Å². The molecule has 0 aliphatic carbocycles. The summed E-state index contributed by atoms with van der Waals surface area (Å²) < 4.78 is 5.67. The lowest BCUT2D eigenvalue weighted by molar-refractivity contribution is -0.385. The number of ether oxygens (including phenoxy) is 1. The number of benzene rings is 1. The van der Waals surface area contributed by atoms with Gasteiger partial charge in [-0.05, 0) is 41.5 Å². The molecule has 27 heavy (non-hydrogen) atoms. The molecule has 1 aromatic carbocycles. The van der Waals surface area contributed by atoms with E-state index in [-0.39, 0.29) is 17.4 Å². The number of nitrogens with zero attached hydrogens (tertiary/aromatic N) is 3. The van der Waals surface area contributed by atoms with Gasteiger partial charge >= 0.3 is 11.6 Å². The molecular formula is C19H20N4O3S. The predicted octanol–water partition coefficient (Wildman–Crippen LogP) is 5.02. The van der Waals surface area contributed by atoms with E-state index in [1.807, 2.05) is 29.6 Å². The summed E-state index contributed by atoms with van der Waals surface area (Å²) in [6, 6.07) is 11.4. The van der Waals surface area contributed by atoms with Crippen LogP contribution in [0.25, 0.3) is 0 Å². The fourth-order valence-electron chi connectivity index (χ4n) is 2.52. The van der Waals surface area contributed by atoms with Crippen LogP contribution in [0.4, 0.5) is 11.5 Å². The van der Waals surface area contributed by atoms with Crippen molar-refractivity contribution in [3.05, 3.63) is 68.7 Å². The van der Waals surface area contributed by atoms with Crippen molar-refractivity contribution in [2.45, 2.75) is 26.2 Å². The SMILES string of the molecule is CC(C)c1ccc(Oc2ncnc(NCCc3cccs3)c2[N+](=O)[O-])cc1. The topological polar surface area (TPSA) is 90.2 Å². The number of rotatable bonds is 8. The summed E-state index contributed by atoms with van der Waals surface area (Å²) in [5.74, 6) is 0.962. The Labute approximate surface area is 161 Å². The molecule has 3 rings (SSSR count). The van der Waals surface area contributed by atoms with Crippen molar-refractivity contribution in [3.63, 3.8) is 0 Å². The zero-order chi connectivity index (χ0) is 19.2. The van der Waals surface area contributed by atoms with Crippen molar-refractivity contribution >= 4 is 22.8 Å². The van der Waals surface area contributed by atoms with Crippen LogP contribution in [0, 0.1) is 10.1 Å². The number of hydrogen-bond acceptors (Lipinski definition) is 7. The number of nitrogens with one attached hydrogen (secondary N) is 1. The van der Waals surface area contributed by atoms with Gasteiger partial charge in [-0.2, -0.15) is 4.98 Å². The molecule has 0 amide bonds. The average molecular weight is 384 g/mol. The van der Waals surface area contributed by atoms with Gasteiger partial charge in [-0.25, -0.2) is 4.98 Å². The second-order valence-corrected chi connectivity index (χ2v) is 7.25. The van der Waals surface area contributed by atoms with Gasteiger partial charge in [0.2, 0.25) is 5.82 Å². The molecule has 8 heteroatoms. The van der Waals surface area contributed by atoms with Crippen LogP contribution in [-0.2, 0) is 6.42 Å². The summed E-state index contributed by atoms with van der Waals surface area (Å²) in [5.41, 5.74) is 0.895. The van der Waals surface area contributed by atoms with Gasteiger partial charge in [-0.3, -0.25) is 10.1 Å². The van der Waals surface area contributed by atoms with Crippen molar-refractivity contribution in [3.8, 4) is 11.6 Å². The van der Waals surface area contributed by atoms with Crippen LogP contribution < -0.4 is 10.1 Å². The summed E-state index contributed by atoms with van der Waals surface area (Å²) in [7, 11) is 0. The highest BCUT2D eigenvalue weighted by molar-refractivity contribution is 7.09. The fraction of sp³-hybridized carbons (Fsp3) is 0.263. The third-order valence-corrected chi connectivity index (χ3v) is 4.91. The first-order chi connectivity index (χ1) is 13.0. The lowest BCUT2D eigenvalue weighted by atomic mass is 10.0. The van der Waals surface area contributed by atoms with Crippen molar-refractivity contribution in [2.75, 3.05) is 11.9 Å². The lowest BCUT2D eigenvalue weighted by Crippen LogP contribution is -2.09. The summed E-state index contributed by atoms with van der Waals surface area (Å²) in [6.07, 6.45) is 2.02. The second kappa shape index (κ2) is 8.59. The van der Waals surface area contributed by atoms with Crippen molar-refractivity contribution in [2.24, 2.45) is 0 Å². The highest BCUT2D eigenvalue weighted by Crippen LogP contribution is 2.34. The molecule has 3 aromatic rings. The van der Waals surface area contributed by atoms with Gasteiger partial charge < -0.3 is 10.1 Å². The molecule has 0 bridgehead atoms. The third kappa shape index (κ3) is 4.79. The van der Waals surface area contributed by atoms with Gasteiger partial charge in [0.1, 0.15) is 12.1 Å². The highest BCUT2D eigenvalue weighted by Gasteiger charge is 2.25. The van der Waals surface area contributed by atoms with Crippen molar-refractivity contribution < 1.29 is 9.66 Å². The molecule has 0 fully saturated rings. The molecule has 1 N–H and O–H groups in total. The van der Waals surface area contributed by atoms with Gasteiger partial charge in [0.25, 0.3) is 0 Å². The van der Waals surface area contributed by atoms with Crippen LogP contribution in [-0.4, -0.2) is 21.4 Å². The van der Waals surface area contributed by atoms with Gasteiger partial charge in [0, 0.05) is 11.4 Å². The van der Waals surface area contributed by atoms with E-state index in [1.54, 1.807) is 23.5 Å². The van der Waals surface area contributed by atoms with E-state index in [9.17, 15) is 10.1 Å². The lowest BCUT2D eigenvalue weighted by Gasteiger charge is -2.10. The molecule has 0 aliphatic heterocycles. The third-order valence-electron chi connectivity index (χ3n) is 3.98. The van der Waals surface area contributed by atoms with Crippen LogP contribution in [0.2, 0.25) is 0 Å². The maximum Gasteiger partial charge on any atom is 0.373 e. The fourth-order valence-corrected chi connectivity index (χ4v) is 3.23. The average Bonchev–Trinajstić information content (AvgIpc) is 3.15. The molecule has 140 valence electrons. The molecule has 0 unspecified atom stereocenters. The minimum Gasteiger partial charge on any atom is -0.434 e. The number of thiophene rings is 1. The summed E-state index contributed by atoms with van der Waals surface area (Å²) >= 11 is 1.65. The van der Waals surface area contributed by atoms with E-state index in [4.69, 9.17) is 4.74 Å². The minimum atomic E-state index is -0.523. The smallest absolute Gasteiger partial charge is 0.373 e. The van der Waals surface area contributed by atoms with E-state index in [1.165, 1.54) is 11.2 Å². The molecule has 0 radical (unpaired) electrons. The van der Waals surface area contributed by atoms with E-state index < -0.39 is 4.92 Å². The normalized spacial score (nSPS) is 10.8. The molecular weight excluding hydrogens is 364 g/mol. The maximum atomic E-state index is 11.6. The van der Waals surface area contributed by atoms with Gasteiger partial charge in [0.05, 0.1) is 4.92 Å². The summed E-state index contributed by atoms with van der Waals surface area (Å²) in [6.45, 7) is 4.72. The quantitative estimate of drug-likeness (QED) is 0.433. The Kier molecular flexibility index (Phi) is 5.97. The zero-order valence-corrected chi connectivity index (χ0v) is 15.9. The highest BCUT2D eigenvalue weighted by atomic mass is 32.1. The molecule has 0 saturated heterocycles. The standard InChI is InChI=1S/C19H20N4O3S/c1-13(2)14-5-7-15(8-6-14)26-19-17(23(24)25)18(21-12-22-19)20-10-9-16-4-3-11-27-16/h3-8,11-13H,9-10H2,1-2H3,(H,20,21,22). The zero-order valence-electron chi connectivity index (χ0n) is 15.1. The Morgan fingerprint density at radius 1 is 1.22 bits per heavy atom. The van der Waals surface area contributed by atoms with Crippen LogP contribution in [0.5, 0.6) is 11.6 Å². The Hall–Kier alpha value is -3.00. The van der Waals surface area contributed by atoms with Crippen LogP contribution in [0.15, 0.2) is 48.1 Å². The maximum absolute atomic E-state index is 11.6. The van der Waals surface area contributed by atoms with E-state index in [2.05, 4.69) is 29.1 Å². The minimum absolute atomic E-state index is 0.0779. The van der Waals surface area contributed by atoms with Crippen LogP contribution >= 0.6 is 11.3 Å². The summed E-state index contributed by atoms with van der Waals surface area (Å²) in [5, 5.41) is 16.6. The van der Waals surface area contributed by atoms with Crippen LogP contribution in [0.3, 0.4) is 0 Å². The largest absolute Gasteiger partial charge is 0.434 e. The predicted molar refractivity (Wildman–Crippen MR) is 106 cm³/mol. The Bertz CT molecular complexity index is 896. The first-order valence-electron chi connectivity index (χ1n) is 8.58. The molecule has 0 saturated carbocycles. The Morgan fingerprint density at radius 3 is 2.63 bits per heavy atom. The van der Waals surface area contributed by atoms with Crippen molar-refractivity contribution in [1.29, 1.82) is 0 Å². The molecule has 2 heterocycles. The number of aromatic nitrogens is 2. The van der Waals surface area contributed by atoms with Gasteiger partial charge in [0.15, 0.2) is 0 Å². The first kappa shape index (κ1) is 18.8. The second-order valence-electron chi connectivity index (χ2n) is 6.22. The molecule has 0 spiro atoms. The Morgan fingerprint density at radius 2 is 2.00 bits per heavy atom. The summed E-state index contributed by atoms with van der Waals surface area (Å²) in [4.78, 5) is 20.2. The molecule has 7 nitrogen and oxygen atoms in total. The van der Waals surface area contributed by atoms with E-state index >= 15 is 0 Å². The number of anilines is 1. The molecule has 0 aliphatic rings. The number of hydrogen-bond donors (Lipinski definition) is 1. The first-order valence-corrected chi connectivity index (χ1v) is 9.46. The molecule has 2 aromatic heterocycles. The monoisotopic (exact) mass is 384 g/mol. The van der Waals surface area contributed by atoms with Gasteiger partial charge in [-0.1, -0.05) is 32.0 Å². The van der Waals surface area contributed by atoms with E-state index in [0.717, 1.165) is 12.0 Å². The molecule has 0 atom stereocenters. The Balaban J connectivity index is 1.77. The van der Waals surface area contributed by atoms with Gasteiger partial charge in [-0.15, -0.1) is 11.3 Å².